The summed E-state index contributed by atoms with van der Waals surface area (Å²) >= 11 is 0. The van der Waals surface area contributed by atoms with Crippen molar-refractivity contribution in [2.45, 2.75) is 12.7 Å². The Morgan fingerprint density at radius 2 is 1.93 bits per heavy atom. The maximum absolute atomic E-state index is 12.9. The largest absolute Gasteiger partial charge is 0.433 e. The van der Waals surface area contributed by atoms with E-state index in [9.17, 15) is 31.5 Å². The molecule has 2 aromatic rings. The lowest BCUT2D eigenvalue weighted by Crippen LogP contribution is -2.45. The van der Waals surface area contributed by atoms with E-state index >= 15 is 0 Å². The summed E-state index contributed by atoms with van der Waals surface area (Å²) in [6, 6.07) is 1.37. The number of pyridine rings is 2. The zero-order chi connectivity index (χ0) is 22.3. The zero-order valence-electron chi connectivity index (χ0n) is 15.2. The lowest BCUT2D eigenvalue weighted by atomic mass is 10.1. The maximum atomic E-state index is 12.9. The molecule has 3 rings (SSSR count). The zero-order valence-corrected chi connectivity index (χ0v) is 15.2. The minimum absolute atomic E-state index is 0.000234. The smallest absolute Gasteiger partial charge is 0.395 e. The molecule has 8 nitrogen and oxygen atoms in total. The van der Waals surface area contributed by atoms with Crippen molar-refractivity contribution in [2.24, 2.45) is 0 Å². The quantitative estimate of drug-likeness (QED) is 0.639. The Morgan fingerprint density at radius 1 is 1.27 bits per heavy atom. The first kappa shape index (κ1) is 22.9. The van der Waals surface area contributed by atoms with E-state index in [2.05, 4.69) is 20.6 Å². The monoisotopic (exact) mass is 433 g/mol. The van der Waals surface area contributed by atoms with Gasteiger partial charge in [-0.3, -0.25) is 14.8 Å². The lowest BCUT2D eigenvalue weighted by molar-refractivity contribution is -0.142. The van der Waals surface area contributed by atoms with E-state index in [4.69, 9.17) is 5.11 Å². The second kappa shape index (κ2) is 9.91. The van der Waals surface area contributed by atoms with Crippen LogP contribution in [0.5, 0.6) is 0 Å². The summed E-state index contributed by atoms with van der Waals surface area (Å²) in [4.78, 5) is 30.8. The number of carbonyl (C=O) groups excluding carboxylic acids is 2. The third-order valence-corrected chi connectivity index (χ3v) is 3.64. The van der Waals surface area contributed by atoms with E-state index in [1.54, 1.807) is 0 Å². The Hall–Kier alpha value is -3.35. The number of hydrogen-bond acceptors (Lipinski definition) is 5. The number of fused-ring (bicyclic) bond motifs is 1. The van der Waals surface area contributed by atoms with Crippen molar-refractivity contribution in [3.8, 4) is 0 Å². The molecule has 30 heavy (non-hydrogen) atoms. The highest BCUT2D eigenvalue weighted by atomic mass is 19.4. The van der Waals surface area contributed by atoms with Crippen molar-refractivity contribution in [1.29, 1.82) is 0 Å². The third-order valence-electron chi connectivity index (χ3n) is 3.64. The molecule has 0 aromatic carbocycles. The Bertz CT molecular complexity index is 892. The van der Waals surface area contributed by atoms with Crippen LogP contribution in [0.2, 0.25) is 0 Å². The average molecular weight is 433 g/mol. The topological polar surface area (TPSA) is 107 Å². The standard InChI is InChI=1S/C12H13F3N4O3.C5H3F2N/c13-12(14,15)10-7-5-19(6-9(21)16-3-4-20)11(22)18-8(7)1-2-17-10;6-4-1-5(7)3-8-2-4/h1-2,20H,3-6H2,(H,16,21)(H,18,22);1-3H. The molecule has 3 N–H and O–H groups in total. The van der Waals surface area contributed by atoms with Crippen LogP contribution in [0.1, 0.15) is 11.3 Å². The van der Waals surface area contributed by atoms with Crippen LogP contribution in [0, 0.1) is 11.6 Å². The van der Waals surface area contributed by atoms with Crippen molar-refractivity contribution < 1.29 is 36.6 Å². The molecule has 13 heteroatoms. The number of rotatable bonds is 4. The van der Waals surface area contributed by atoms with Gasteiger partial charge in [-0.15, -0.1) is 0 Å². The molecule has 2 aromatic heterocycles. The number of alkyl halides is 3. The second-order valence-electron chi connectivity index (χ2n) is 5.86. The molecule has 3 amide bonds. The summed E-state index contributed by atoms with van der Waals surface area (Å²) in [6.07, 6.45) is -1.80. The van der Waals surface area contributed by atoms with Crippen LogP contribution >= 0.6 is 0 Å². The molecule has 0 fully saturated rings. The molecule has 0 radical (unpaired) electrons. The number of aliphatic hydroxyl groups is 1. The van der Waals surface area contributed by atoms with Gasteiger partial charge >= 0.3 is 12.2 Å². The molecule has 3 heterocycles. The molecule has 0 bridgehead atoms. The predicted molar refractivity (Wildman–Crippen MR) is 92.9 cm³/mol. The van der Waals surface area contributed by atoms with Crippen molar-refractivity contribution in [2.75, 3.05) is 25.0 Å². The summed E-state index contributed by atoms with van der Waals surface area (Å²) < 4.78 is 62.5. The highest BCUT2D eigenvalue weighted by Crippen LogP contribution is 2.35. The third kappa shape index (κ3) is 6.34. The van der Waals surface area contributed by atoms with Gasteiger partial charge in [0.15, 0.2) is 5.69 Å². The van der Waals surface area contributed by atoms with Crippen molar-refractivity contribution in [3.05, 3.63) is 53.6 Å². The SMILES string of the molecule is Fc1cncc(F)c1.O=C(CN1Cc2c(ccnc2C(F)(F)F)NC1=O)NCCO. The van der Waals surface area contributed by atoms with Crippen molar-refractivity contribution >= 4 is 17.6 Å². The molecule has 0 aliphatic carbocycles. The van der Waals surface area contributed by atoms with Gasteiger partial charge in [-0.1, -0.05) is 0 Å². The van der Waals surface area contributed by atoms with E-state index in [0.717, 1.165) is 29.6 Å². The number of halogens is 5. The van der Waals surface area contributed by atoms with Gasteiger partial charge in [0.2, 0.25) is 5.91 Å². The summed E-state index contributed by atoms with van der Waals surface area (Å²) in [5.74, 6) is -1.87. The number of nitrogens with one attached hydrogen (secondary N) is 2. The van der Waals surface area contributed by atoms with Gasteiger partial charge in [0, 0.05) is 24.4 Å². The summed E-state index contributed by atoms with van der Waals surface area (Å²) in [7, 11) is 0. The van der Waals surface area contributed by atoms with Gasteiger partial charge in [0.1, 0.15) is 18.2 Å². The molecule has 162 valence electrons. The van der Waals surface area contributed by atoms with E-state index < -0.39 is 42.0 Å². The number of hydrogen-bond donors (Lipinski definition) is 3. The fourth-order valence-electron chi connectivity index (χ4n) is 2.41. The normalized spacial score (nSPS) is 13.0. The molecule has 1 aliphatic rings. The van der Waals surface area contributed by atoms with Gasteiger partial charge in [0.05, 0.1) is 31.2 Å². The van der Waals surface area contributed by atoms with Crippen LogP contribution in [0.15, 0.2) is 30.7 Å². The van der Waals surface area contributed by atoms with Crippen LogP contribution in [-0.4, -0.2) is 51.6 Å². The Kier molecular flexibility index (Phi) is 7.58. The second-order valence-corrected chi connectivity index (χ2v) is 5.86. The van der Waals surface area contributed by atoms with Crippen molar-refractivity contribution in [3.63, 3.8) is 0 Å². The van der Waals surface area contributed by atoms with Crippen LogP contribution < -0.4 is 10.6 Å². The molecule has 0 spiro atoms. The number of amides is 3. The summed E-state index contributed by atoms with van der Waals surface area (Å²) in [5, 5.41) is 13.2. The van der Waals surface area contributed by atoms with Gasteiger partial charge in [-0.05, 0) is 6.07 Å². The molecule has 0 saturated heterocycles. The predicted octanol–water partition coefficient (Wildman–Crippen LogP) is 1.92. The highest BCUT2D eigenvalue weighted by Gasteiger charge is 2.39. The van der Waals surface area contributed by atoms with E-state index in [-0.39, 0.29) is 30.9 Å². The van der Waals surface area contributed by atoms with E-state index in [0.29, 0.717) is 0 Å². The number of aromatic nitrogens is 2. The van der Waals surface area contributed by atoms with Crippen molar-refractivity contribution in [1.82, 2.24) is 20.2 Å². The molecular formula is C17H16F5N5O3. The molecular weight excluding hydrogens is 417 g/mol. The van der Waals surface area contributed by atoms with Crippen LogP contribution in [0.3, 0.4) is 0 Å². The molecule has 0 atom stereocenters. The number of urea groups is 1. The first-order valence-electron chi connectivity index (χ1n) is 8.36. The fraction of sp³-hybridized carbons (Fsp3) is 0.294. The van der Waals surface area contributed by atoms with Crippen LogP contribution in [0.4, 0.5) is 32.4 Å². The Balaban J connectivity index is 0.000000335. The first-order valence-corrected chi connectivity index (χ1v) is 8.36. The Labute approximate surface area is 166 Å². The molecule has 0 saturated carbocycles. The molecule has 0 unspecified atom stereocenters. The minimum Gasteiger partial charge on any atom is -0.395 e. The number of aliphatic hydroxyl groups excluding tert-OH is 1. The van der Waals surface area contributed by atoms with Crippen LogP contribution in [-0.2, 0) is 17.5 Å². The fourth-order valence-corrected chi connectivity index (χ4v) is 2.41. The van der Waals surface area contributed by atoms with Gasteiger partial charge in [-0.25, -0.2) is 13.6 Å². The maximum Gasteiger partial charge on any atom is 0.433 e. The number of carbonyl (C=O) groups is 2. The van der Waals surface area contributed by atoms with Gasteiger partial charge in [-0.2, -0.15) is 13.2 Å². The van der Waals surface area contributed by atoms with Crippen LogP contribution in [0.25, 0.3) is 0 Å². The van der Waals surface area contributed by atoms with E-state index in [1.165, 1.54) is 6.07 Å². The number of nitrogens with zero attached hydrogens (tertiary/aromatic N) is 3. The average Bonchev–Trinajstić information content (AvgIpc) is 2.66. The summed E-state index contributed by atoms with van der Waals surface area (Å²) in [6.45, 7) is -1.07. The minimum atomic E-state index is -4.65. The lowest BCUT2D eigenvalue weighted by Gasteiger charge is -2.30. The van der Waals surface area contributed by atoms with Gasteiger partial charge in [0.25, 0.3) is 0 Å². The first-order chi connectivity index (χ1) is 14.1. The van der Waals surface area contributed by atoms with E-state index in [1.807, 2.05) is 0 Å². The highest BCUT2D eigenvalue weighted by molar-refractivity contribution is 5.95. The molecule has 1 aliphatic heterocycles. The Morgan fingerprint density at radius 3 is 2.47 bits per heavy atom. The van der Waals surface area contributed by atoms with Gasteiger partial charge < -0.3 is 20.6 Å². The summed E-state index contributed by atoms with van der Waals surface area (Å²) in [5.41, 5.74) is -1.25. The number of anilines is 1.